The van der Waals surface area contributed by atoms with Crippen LogP contribution in [0, 0.1) is 0 Å². The zero-order valence-electron chi connectivity index (χ0n) is 12.7. The van der Waals surface area contributed by atoms with Crippen LogP contribution in [0.15, 0.2) is 18.2 Å². The van der Waals surface area contributed by atoms with Gasteiger partial charge in [0, 0.05) is 12.0 Å². The standard InChI is InChI=1S/C15H23ClN2O2/c1-14(2,3)20-13(19)18-12-7-6-10(8-11(12)16)15(4,5)9-17/h6-8H,9,17H2,1-5H3,(H,18,19). The van der Waals surface area contributed by atoms with Crippen LogP contribution in [0.25, 0.3) is 0 Å². The summed E-state index contributed by atoms with van der Waals surface area (Å²) in [5.74, 6) is 0. The average Bonchev–Trinajstić information content (AvgIpc) is 2.29. The maximum atomic E-state index is 11.7. The molecule has 1 amide bonds. The first kappa shape index (κ1) is 16.8. The first-order valence-corrected chi connectivity index (χ1v) is 6.93. The molecule has 4 nitrogen and oxygen atoms in total. The van der Waals surface area contributed by atoms with E-state index in [1.54, 1.807) is 26.8 Å². The van der Waals surface area contributed by atoms with Crippen LogP contribution in [-0.4, -0.2) is 18.2 Å². The number of benzene rings is 1. The van der Waals surface area contributed by atoms with E-state index in [0.717, 1.165) is 5.56 Å². The van der Waals surface area contributed by atoms with Gasteiger partial charge in [-0.05, 0) is 38.5 Å². The fourth-order valence-corrected chi connectivity index (χ4v) is 1.80. The van der Waals surface area contributed by atoms with Gasteiger partial charge in [-0.25, -0.2) is 4.79 Å². The van der Waals surface area contributed by atoms with Gasteiger partial charge in [0.25, 0.3) is 0 Å². The van der Waals surface area contributed by atoms with Gasteiger partial charge in [-0.3, -0.25) is 5.32 Å². The lowest BCUT2D eigenvalue weighted by atomic mass is 9.85. The van der Waals surface area contributed by atoms with E-state index >= 15 is 0 Å². The van der Waals surface area contributed by atoms with Crippen molar-refractivity contribution in [3.8, 4) is 0 Å². The quantitative estimate of drug-likeness (QED) is 0.889. The molecule has 1 aromatic rings. The normalized spacial score (nSPS) is 12.2. The zero-order chi connectivity index (χ0) is 15.6. The predicted molar refractivity (Wildman–Crippen MR) is 83.4 cm³/mol. The van der Waals surface area contributed by atoms with Crippen LogP contribution in [0.1, 0.15) is 40.2 Å². The molecule has 0 saturated heterocycles. The molecule has 1 aromatic carbocycles. The zero-order valence-corrected chi connectivity index (χ0v) is 13.5. The van der Waals surface area contributed by atoms with Crippen molar-refractivity contribution in [1.29, 1.82) is 0 Å². The fourth-order valence-electron chi connectivity index (χ4n) is 1.57. The molecular weight excluding hydrogens is 276 g/mol. The summed E-state index contributed by atoms with van der Waals surface area (Å²) in [7, 11) is 0. The Kier molecular flexibility index (Phi) is 5.05. The first-order chi connectivity index (χ1) is 9.05. The molecule has 0 aliphatic carbocycles. The predicted octanol–water partition coefficient (Wildman–Crippen LogP) is 3.92. The van der Waals surface area contributed by atoms with Crippen LogP contribution in [0.2, 0.25) is 5.02 Å². The summed E-state index contributed by atoms with van der Waals surface area (Å²) >= 11 is 6.20. The molecule has 112 valence electrons. The number of halogens is 1. The molecule has 20 heavy (non-hydrogen) atoms. The molecule has 0 spiro atoms. The highest BCUT2D eigenvalue weighted by atomic mass is 35.5. The topological polar surface area (TPSA) is 64.3 Å². The van der Waals surface area contributed by atoms with E-state index in [0.29, 0.717) is 17.3 Å². The highest BCUT2D eigenvalue weighted by molar-refractivity contribution is 6.33. The summed E-state index contributed by atoms with van der Waals surface area (Å²) in [6.45, 7) is 10.0. The van der Waals surface area contributed by atoms with Gasteiger partial charge in [-0.2, -0.15) is 0 Å². The summed E-state index contributed by atoms with van der Waals surface area (Å²) < 4.78 is 5.19. The second-order valence-electron chi connectivity index (χ2n) is 6.41. The molecule has 0 radical (unpaired) electrons. The van der Waals surface area contributed by atoms with Crippen molar-refractivity contribution in [2.45, 2.75) is 45.6 Å². The largest absolute Gasteiger partial charge is 0.444 e. The summed E-state index contributed by atoms with van der Waals surface area (Å²) in [6, 6.07) is 5.49. The highest BCUT2D eigenvalue weighted by Gasteiger charge is 2.21. The Hall–Kier alpha value is -1.26. The van der Waals surface area contributed by atoms with E-state index in [-0.39, 0.29) is 5.41 Å². The highest BCUT2D eigenvalue weighted by Crippen LogP contribution is 2.29. The van der Waals surface area contributed by atoms with Crippen LogP contribution in [0.5, 0.6) is 0 Å². The lowest BCUT2D eigenvalue weighted by Gasteiger charge is -2.24. The van der Waals surface area contributed by atoms with Gasteiger partial charge in [-0.15, -0.1) is 0 Å². The summed E-state index contributed by atoms with van der Waals surface area (Å²) in [5, 5.41) is 3.11. The van der Waals surface area contributed by atoms with Crippen molar-refractivity contribution in [3.63, 3.8) is 0 Å². The van der Waals surface area contributed by atoms with Crippen LogP contribution in [0.3, 0.4) is 0 Å². The monoisotopic (exact) mass is 298 g/mol. The maximum absolute atomic E-state index is 11.7. The summed E-state index contributed by atoms with van der Waals surface area (Å²) in [5.41, 5.74) is 6.59. The van der Waals surface area contributed by atoms with Crippen molar-refractivity contribution in [1.82, 2.24) is 0 Å². The van der Waals surface area contributed by atoms with Crippen LogP contribution in [0.4, 0.5) is 10.5 Å². The van der Waals surface area contributed by atoms with Gasteiger partial charge >= 0.3 is 6.09 Å². The molecule has 0 aliphatic heterocycles. The molecule has 0 unspecified atom stereocenters. The summed E-state index contributed by atoms with van der Waals surface area (Å²) in [6.07, 6.45) is -0.523. The molecule has 0 fully saturated rings. The van der Waals surface area contributed by atoms with Crippen LogP contribution in [-0.2, 0) is 10.2 Å². The van der Waals surface area contributed by atoms with Crippen molar-refractivity contribution >= 4 is 23.4 Å². The van der Waals surface area contributed by atoms with Gasteiger partial charge in [0.15, 0.2) is 0 Å². The second-order valence-corrected chi connectivity index (χ2v) is 6.82. The number of rotatable bonds is 3. The number of ether oxygens (including phenoxy) is 1. The number of hydrogen-bond acceptors (Lipinski definition) is 3. The number of amides is 1. The van der Waals surface area contributed by atoms with Crippen molar-refractivity contribution < 1.29 is 9.53 Å². The molecule has 0 aliphatic rings. The van der Waals surface area contributed by atoms with Crippen molar-refractivity contribution in [2.24, 2.45) is 5.73 Å². The smallest absolute Gasteiger partial charge is 0.412 e. The molecule has 0 heterocycles. The maximum Gasteiger partial charge on any atom is 0.412 e. The number of hydrogen-bond donors (Lipinski definition) is 2. The Labute approximate surface area is 125 Å². The van der Waals surface area contributed by atoms with Crippen molar-refractivity contribution in [3.05, 3.63) is 28.8 Å². The fraction of sp³-hybridized carbons (Fsp3) is 0.533. The Morgan fingerprint density at radius 2 is 1.90 bits per heavy atom. The molecular formula is C15H23ClN2O2. The van der Waals surface area contributed by atoms with E-state index in [2.05, 4.69) is 5.32 Å². The lowest BCUT2D eigenvalue weighted by Crippen LogP contribution is -2.28. The van der Waals surface area contributed by atoms with Gasteiger partial charge in [0.1, 0.15) is 5.60 Å². The number of anilines is 1. The SMILES string of the molecule is CC(C)(C)OC(=O)Nc1ccc(C(C)(C)CN)cc1Cl. The van der Waals surface area contributed by atoms with Crippen LogP contribution < -0.4 is 11.1 Å². The van der Waals surface area contributed by atoms with Gasteiger partial charge in [0.2, 0.25) is 0 Å². The molecule has 0 bridgehead atoms. The van der Waals surface area contributed by atoms with E-state index < -0.39 is 11.7 Å². The molecule has 5 heteroatoms. The minimum atomic E-state index is -0.544. The van der Waals surface area contributed by atoms with E-state index in [4.69, 9.17) is 22.1 Å². The van der Waals surface area contributed by atoms with Crippen LogP contribution >= 0.6 is 11.6 Å². The number of carbonyl (C=O) groups excluding carboxylic acids is 1. The first-order valence-electron chi connectivity index (χ1n) is 6.55. The Bertz CT molecular complexity index is 493. The molecule has 0 aromatic heterocycles. The van der Waals surface area contributed by atoms with E-state index in [1.807, 2.05) is 26.0 Å². The molecule has 3 N–H and O–H groups in total. The minimum absolute atomic E-state index is 0.159. The average molecular weight is 299 g/mol. The molecule has 1 rings (SSSR count). The van der Waals surface area contributed by atoms with Gasteiger partial charge < -0.3 is 10.5 Å². The summed E-state index contributed by atoms with van der Waals surface area (Å²) in [4.78, 5) is 11.7. The Morgan fingerprint density at radius 1 is 1.30 bits per heavy atom. The van der Waals surface area contributed by atoms with Gasteiger partial charge in [-0.1, -0.05) is 31.5 Å². The Morgan fingerprint density at radius 3 is 2.35 bits per heavy atom. The molecule has 0 atom stereocenters. The van der Waals surface area contributed by atoms with Gasteiger partial charge in [0.05, 0.1) is 10.7 Å². The number of nitrogens with two attached hydrogens (primary N) is 1. The lowest BCUT2D eigenvalue weighted by molar-refractivity contribution is 0.0636. The second kappa shape index (κ2) is 6.02. The minimum Gasteiger partial charge on any atom is -0.444 e. The number of carbonyl (C=O) groups is 1. The third-order valence-corrected chi connectivity index (χ3v) is 3.21. The van der Waals surface area contributed by atoms with E-state index in [9.17, 15) is 4.79 Å². The van der Waals surface area contributed by atoms with Crippen molar-refractivity contribution in [2.75, 3.05) is 11.9 Å². The molecule has 0 saturated carbocycles. The number of nitrogens with one attached hydrogen (secondary N) is 1. The third-order valence-electron chi connectivity index (χ3n) is 2.90. The Balaban J connectivity index is 2.87. The third kappa shape index (κ3) is 4.69. The van der Waals surface area contributed by atoms with E-state index in [1.165, 1.54) is 0 Å².